The van der Waals surface area contributed by atoms with Crippen molar-refractivity contribution in [2.24, 2.45) is 0 Å². The van der Waals surface area contributed by atoms with Crippen molar-refractivity contribution in [1.29, 1.82) is 0 Å². The number of aryl methyl sites for hydroxylation is 1. The van der Waals surface area contributed by atoms with Crippen LogP contribution < -0.4 is 14.8 Å². The van der Waals surface area contributed by atoms with Gasteiger partial charge >= 0.3 is 0 Å². The SMILES string of the molecule is COc1ccc(OC)c(NC(=O)c2ccc(C)c(S(=O)(=O)N3CCCCCC3)c2)c1. The second-order valence-corrected chi connectivity index (χ2v) is 9.23. The molecule has 0 saturated carbocycles. The summed E-state index contributed by atoms with van der Waals surface area (Å²) in [4.78, 5) is 13.1. The van der Waals surface area contributed by atoms with Crippen LogP contribution in [0.15, 0.2) is 41.3 Å². The molecule has 1 heterocycles. The second-order valence-electron chi connectivity index (χ2n) is 7.32. The highest BCUT2D eigenvalue weighted by atomic mass is 32.2. The molecular formula is C22H28N2O5S. The van der Waals surface area contributed by atoms with Crippen molar-refractivity contribution in [3.8, 4) is 11.5 Å². The van der Waals surface area contributed by atoms with Gasteiger partial charge < -0.3 is 14.8 Å². The number of nitrogens with zero attached hydrogens (tertiary/aromatic N) is 1. The predicted molar refractivity (Wildman–Crippen MR) is 116 cm³/mol. The number of carbonyl (C=O) groups is 1. The van der Waals surface area contributed by atoms with E-state index in [1.165, 1.54) is 24.6 Å². The molecular weight excluding hydrogens is 404 g/mol. The van der Waals surface area contributed by atoms with E-state index in [2.05, 4.69) is 5.32 Å². The summed E-state index contributed by atoms with van der Waals surface area (Å²) in [5.41, 5.74) is 1.33. The average molecular weight is 433 g/mol. The first kappa shape index (κ1) is 22.1. The molecule has 0 aliphatic carbocycles. The maximum atomic E-state index is 13.2. The van der Waals surface area contributed by atoms with Crippen LogP contribution in [-0.2, 0) is 10.0 Å². The molecule has 1 saturated heterocycles. The van der Waals surface area contributed by atoms with Crippen molar-refractivity contribution in [2.75, 3.05) is 32.6 Å². The van der Waals surface area contributed by atoms with Crippen molar-refractivity contribution in [3.05, 3.63) is 47.5 Å². The molecule has 2 aromatic rings. The molecule has 1 amide bonds. The minimum atomic E-state index is -3.66. The van der Waals surface area contributed by atoms with E-state index in [1.807, 2.05) is 0 Å². The lowest BCUT2D eigenvalue weighted by molar-refractivity contribution is 0.102. The predicted octanol–water partition coefficient (Wildman–Crippen LogP) is 3.83. The molecule has 0 spiro atoms. The number of sulfonamides is 1. The zero-order valence-corrected chi connectivity index (χ0v) is 18.4. The molecule has 1 aliphatic heterocycles. The molecule has 162 valence electrons. The maximum Gasteiger partial charge on any atom is 0.255 e. The van der Waals surface area contributed by atoms with E-state index in [-0.39, 0.29) is 10.5 Å². The number of amides is 1. The van der Waals surface area contributed by atoms with Gasteiger partial charge in [0, 0.05) is 24.7 Å². The molecule has 1 N–H and O–H groups in total. The second kappa shape index (κ2) is 9.49. The number of rotatable bonds is 6. The van der Waals surface area contributed by atoms with Gasteiger partial charge in [-0.1, -0.05) is 18.9 Å². The van der Waals surface area contributed by atoms with Crippen LogP contribution in [0.2, 0.25) is 0 Å². The molecule has 0 bridgehead atoms. The molecule has 0 unspecified atom stereocenters. The Labute approximate surface area is 178 Å². The van der Waals surface area contributed by atoms with Gasteiger partial charge in [0.15, 0.2) is 0 Å². The van der Waals surface area contributed by atoms with Gasteiger partial charge in [0.1, 0.15) is 11.5 Å². The van der Waals surface area contributed by atoms with Crippen LogP contribution >= 0.6 is 0 Å². The van der Waals surface area contributed by atoms with E-state index in [4.69, 9.17) is 9.47 Å². The van der Waals surface area contributed by atoms with E-state index in [1.54, 1.807) is 37.3 Å². The minimum Gasteiger partial charge on any atom is -0.497 e. The fourth-order valence-corrected chi connectivity index (χ4v) is 5.31. The molecule has 2 aromatic carbocycles. The van der Waals surface area contributed by atoms with Crippen molar-refractivity contribution < 1.29 is 22.7 Å². The van der Waals surface area contributed by atoms with Crippen LogP contribution in [0.1, 0.15) is 41.6 Å². The van der Waals surface area contributed by atoms with Gasteiger partial charge in [-0.05, 0) is 49.6 Å². The number of nitrogens with one attached hydrogen (secondary N) is 1. The first-order valence-corrected chi connectivity index (χ1v) is 11.4. The van der Waals surface area contributed by atoms with Crippen LogP contribution in [0.5, 0.6) is 11.5 Å². The zero-order chi connectivity index (χ0) is 21.7. The summed E-state index contributed by atoms with van der Waals surface area (Å²) in [7, 11) is -0.616. The molecule has 0 atom stereocenters. The lowest BCUT2D eigenvalue weighted by Gasteiger charge is -2.21. The van der Waals surface area contributed by atoms with Gasteiger partial charge in [0.25, 0.3) is 5.91 Å². The number of benzene rings is 2. The number of ether oxygens (including phenoxy) is 2. The van der Waals surface area contributed by atoms with Crippen LogP contribution in [-0.4, -0.2) is 45.9 Å². The number of carbonyl (C=O) groups excluding carboxylic acids is 1. The molecule has 7 nitrogen and oxygen atoms in total. The van der Waals surface area contributed by atoms with Crippen LogP contribution in [0.3, 0.4) is 0 Å². The van der Waals surface area contributed by atoms with Gasteiger partial charge in [-0.2, -0.15) is 4.31 Å². The lowest BCUT2D eigenvalue weighted by Crippen LogP contribution is -2.32. The van der Waals surface area contributed by atoms with Crippen molar-refractivity contribution in [2.45, 2.75) is 37.5 Å². The Balaban J connectivity index is 1.90. The smallest absolute Gasteiger partial charge is 0.255 e. The zero-order valence-electron chi connectivity index (χ0n) is 17.6. The molecule has 0 radical (unpaired) electrons. The molecule has 0 aromatic heterocycles. The quantitative estimate of drug-likeness (QED) is 0.750. The number of hydrogen-bond acceptors (Lipinski definition) is 5. The summed E-state index contributed by atoms with van der Waals surface area (Å²) in [5.74, 6) is 0.627. The first-order valence-electron chi connectivity index (χ1n) is 10.0. The van der Waals surface area contributed by atoms with Crippen LogP contribution in [0, 0.1) is 6.92 Å². The number of methoxy groups -OCH3 is 2. The van der Waals surface area contributed by atoms with E-state index >= 15 is 0 Å². The standard InChI is InChI=1S/C22H28N2O5S/c1-16-8-9-17(14-21(16)30(26,27)24-12-6-4-5-7-13-24)22(25)23-19-15-18(28-2)10-11-20(19)29-3/h8-11,14-15H,4-7,12-13H2,1-3H3,(H,23,25). The Hall–Kier alpha value is -2.58. The monoisotopic (exact) mass is 432 g/mol. The Kier molecular flexibility index (Phi) is 6.99. The molecule has 1 fully saturated rings. The largest absolute Gasteiger partial charge is 0.497 e. The van der Waals surface area contributed by atoms with Crippen molar-refractivity contribution >= 4 is 21.6 Å². The van der Waals surface area contributed by atoms with E-state index in [0.717, 1.165) is 25.7 Å². The molecule has 30 heavy (non-hydrogen) atoms. The normalized spacial score (nSPS) is 15.3. The summed E-state index contributed by atoms with van der Waals surface area (Å²) < 4.78 is 38.5. The first-order chi connectivity index (χ1) is 14.4. The topological polar surface area (TPSA) is 84.9 Å². The van der Waals surface area contributed by atoms with Gasteiger partial charge in [-0.3, -0.25) is 4.79 Å². The minimum absolute atomic E-state index is 0.176. The third-order valence-corrected chi connectivity index (χ3v) is 7.33. The Morgan fingerprint density at radius 3 is 2.30 bits per heavy atom. The van der Waals surface area contributed by atoms with E-state index < -0.39 is 15.9 Å². The Bertz CT molecular complexity index is 1010. The fraction of sp³-hybridized carbons (Fsp3) is 0.409. The van der Waals surface area contributed by atoms with Gasteiger partial charge in [0.05, 0.1) is 24.8 Å². The third-order valence-electron chi connectivity index (χ3n) is 5.29. The number of hydrogen-bond donors (Lipinski definition) is 1. The van der Waals surface area contributed by atoms with Crippen LogP contribution in [0.4, 0.5) is 5.69 Å². The Morgan fingerprint density at radius 1 is 0.967 bits per heavy atom. The van der Waals surface area contributed by atoms with Crippen LogP contribution in [0.25, 0.3) is 0 Å². The average Bonchev–Trinajstić information content (AvgIpc) is 3.04. The van der Waals surface area contributed by atoms with Gasteiger partial charge in [0.2, 0.25) is 10.0 Å². The summed E-state index contributed by atoms with van der Waals surface area (Å²) in [6.45, 7) is 2.77. The molecule has 1 aliphatic rings. The van der Waals surface area contributed by atoms with E-state index in [9.17, 15) is 13.2 Å². The van der Waals surface area contributed by atoms with Crippen molar-refractivity contribution in [3.63, 3.8) is 0 Å². The number of anilines is 1. The third kappa shape index (κ3) is 4.76. The molecule has 3 rings (SSSR count). The fourth-order valence-electron chi connectivity index (χ4n) is 3.55. The van der Waals surface area contributed by atoms with Gasteiger partial charge in [-0.15, -0.1) is 0 Å². The maximum absolute atomic E-state index is 13.2. The van der Waals surface area contributed by atoms with E-state index in [0.29, 0.717) is 35.8 Å². The summed E-state index contributed by atoms with van der Waals surface area (Å²) >= 11 is 0. The highest BCUT2D eigenvalue weighted by molar-refractivity contribution is 7.89. The van der Waals surface area contributed by atoms with Gasteiger partial charge in [-0.25, -0.2) is 8.42 Å². The summed E-state index contributed by atoms with van der Waals surface area (Å²) in [6, 6.07) is 9.82. The lowest BCUT2D eigenvalue weighted by atomic mass is 10.1. The summed E-state index contributed by atoms with van der Waals surface area (Å²) in [6.07, 6.45) is 3.79. The van der Waals surface area contributed by atoms with Crippen molar-refractivity contribution in [1.82, 2.24) is 4.31 Å². The Morgan fingerprint density at radius 2 is 1.67 bits per heavy atom. The molecule has 8 heteroatoms. The highest BCUT2D eigenvalue weighted by Crippen LogP contribution is 2.30. The highest BCUT2D eigenvalue weighted by Gasteiger charge is 2.27. The summed E-state index contributed by atoms with van der Waals surface area (Å²) in [5, 5.41) is 2.79.